The zero-order chi connectivity index (χ0) is 14.2. The van der Waals surface area contributed by atoms with Gasteiger partial charge in [-0.1, -0.05) is 6.07 Å². The number of hydrogen-bond acceptors (Lipinski definition) is 3. The molecule has 0 amide bonds. The summed E-state index contributed by atoms with van der Waals surface area (Å²) in [6.07, 6.45) is -4.46. The van der Waals surface area contributed by atoms with E-state index in [0.717, 1.165) is 22.0 Å². The summed E-state index contributed by atoms with van der Waals surface area (Å²) in [4.78, 5) is 4.12. The molecule has 0 spiro atoms. The smallest absolute Gasteiger partial charge is 0.419 e. The summed E-state index contributed by atoms with van der Waals surface area (Å²) in [7, 11) is 1.21. The molecule has 0 saturated carbocycles. The molecule has 0 aromatic carbocycles. The van der Waals surface area contributed by atoms with Gasteiger partial charge in [0, 0.05) is 24.9 Å². The van der Waals surface area contributed by atoms with Gasteiger partial charge in [-0.05, 0) is 19.4 Å². The van der Waals surface area contributed by atoms with E-state index in [2.05, 4.69) is 10.1 Å². The second-order valence-corrected chi connectivity index (χ2v) is 4.14. The standard InChI is InChI=1S/C12H12F3N3O/c1-7-4-5-10(16-8(7)2)19-11-6-9(12(13,14)15)18(3)17-11/h4-6H,1-3H3. The van der Waals surface area contributed by atoms with Gasteiger partial charge >= 0.3 is 6.18 Å². The molecule has 0 bridgehead atoms. The Morgan fingerprint density at radius 3 is 2.37 bits per heavy atom. The Morgan fingerprint density at radius 2 is 1.84 bits per heavy atom. The Labute approximate surface area is 107 Å². The van der Waals surface area contributed by atoms with Crippen molar-refractivity contribution in [2.24, 2.45) is 7.05 Å². The second-order valence-electron chi connectivity index (χ2n) is 4.14. The molecule has 0 aliphatic carbocycles. The number of ether oxygens (including phenoxy) is 1. The number of alkyl halides is 3. The molecule has 0 atom stereocenters. The molecule has 2 rings (SSSR count). The lowest BCUT2D eigenvalue weighted by Crippen LogP contribution is -2.11. The molecular formula is C12H12F3N3O. The molecular weight excluding hydrogens is 259 g/mol. The molecule has 2 heterocycles. The summed E-state index contributed by atoms with van der Waals surface area (Å²) in [5.74, 6) is 0.0838. The normalized spacial score (nSPS) is 11.7. The van der Waals surface area contributed by atoms with Crippen LogP contribution in [-0.4, -0.2) is 14.8 Å². The second kappa shape index (κ2) is 4.56. The van der Waals surface area contributed by atoms with Gasteiger partial charge in [0.2, 0.25) is 11.8 Å². The van der Waals surface area contributed by atoms with Gasteiger partial charge < -0.3 is 4.74 Å². The van der Waals surface area contributed by atoms with Crippen molar-refractivity contribution in [1.29, 1.82) is 0 Å². The van der Waals surface area contributed by atoms with Crippen LogP contribution in [0.1, 0.15) is 17.0 Å². The maximum atomic E-state index is 12.6. The van der Waals surface area contributed by atoms with E-state index in [1.165, 1.54) is 7.05 Å². The summed E-state index contributed by atoms with van der Waals surface area (Å²) < 4.78 is 43.7. The highest BCUT2D eigenvalue weighted by Crippen LogP contribution is 2.32. The van der Waals surface area contributed by atoms with Crippen LogP contribution in [0.5, 0.6) is 11.8 Å². The molecule has 7 heteroatoms. The third-order valence-corrected chi connectivity index (χ3v) is 2.68. The number of nitrogens with zero attached hydrogens (tertiary/aromatic N) is 3. The van der Waals surface area contributed by atoms with Gasteiger partial charge in [-0.15, -0.1) is 5.10 Å². The van der Waals surface area contributed by atoms with Gasteiger partial charge in [0.25, 0.3) is 0 Å². The van der Waals surface area contributed by atoms with Crippen LogP contribution in [0.15, 0.2) is 18.2 Å². The summed E-state index contributed by atoms with van der Waals surface area (Å²) in [6, 6.07) is 4.21. The van der Waals surface area contributed by atoms with Crippen LogP contribution >= 0.6 is 0 Å². The highest BCUT2D eigenvalue weighted by molar-refractivity contribution is 5.27. The highest BCUT2D eigenvalue weighted by Gasteiger charge is 2.35. The monoisotopic (exact) mass is 271 g/mol. The van der Waals surface area contributed by atoms with Crippen LogP contribution in [0.4, 0.5) is 13.2 Å². The minimum atomic E-state index is -4.46. The van der Waals surface area contributed by atoms with Crippen LogP contribution in [0, 0.1) is 13.8 Å². The molecule has 2 aromatic rings. The fraction of sp³-hybridized carbons (Fsp3) is 0.333. The molecule has 19 heavy (non-hydrogen) atoms. The Kier molecular flexibility index (Phi) is 3.21. The lowest BCUT2D eigenvalue weighted by Gasteiger charge is -2.04. The van der Waals surface area contributed by atoms with E-state index in [4.69, 9.17) is 4.74 Å². The van der Waals surface area contributed by atoms with Crippen molar-refractivity contribution in [3.63, 3.8) is 0 Å². The van der Waals surface area contributed by atoms with Crippen molar-refractivity contribution in [2.45, 2.75) is 20.0 Å². The molecule has 0 saturated heterocycles. The number of rotatable bonds is 2. The Hall–Kier alpha value is -2.05. The minimum Gasteiger partial charge on any atom is -0.419 e. The van der Waals surface area contributed by atoms with Crippen molar-refractivity contribution in [1.82, 2.24) is 14.8 Å². The molecule has 0 unspecified atom stereocenters. The first-order valence-corrected chi connectivity index (χ1v) is 5.50. The maximum Gasteiger partial charge on any atom is 0.433 e. The Bertz CT molecular complexity index is 605. The molecule has 0 fully saturated rings. The number of pyridine rings is 1. The van der Waals surface area contributed by atoms with E-state index in [-0.39, 0.29) is 11.8 Å². The predicted octanol–water partition coefficient (Wildman–Crippen LogP) is 3.24. The first-order valence-electron chi connectivity index (χ1n) is 5.50. The quantitative estimate of drug-likeness (QED) is 0.841. The summed E-state index contributed by atoms with van der Waals surface area (Å²) in [5, 5.41) is 3.66. The summed E-state index contributed by atoms with van der Waals surface area (Å²) >= 11 is 0. The van der Waals surface area contributed by atoms with E-state index < -0.39 is 11.9 Å². The number of aromatic nitrogens is 3. The van der Waals surface area contributed by atoms with Gasteiger partial charge in [0.15, 0.2) is 0 Å². The van der Waals surface area contributed by atoms with Crippen molar-refractivity contribution < 1.29 is 17.9 Å². The lowest BCUT2D eigenvalue weighted by molar-refractivity contribution is -0.143. The zero-order valence-electron chi connectivity index (χ0n) is 10.6. The number of halogens is 3. The topological polar surface area (TPSA) is 39.9 Å². The van der Waals surface area contributed by atoms with Gasteiger partial charge in [0.1, 0.15) is 5.69 Å². The third kappa shape index (κ3) is 2.86. The zero-order valence-corrected chi connectivity index (χ0v) is 10.6. The number of aryl methyl sites for hydroxylation is 3. The molecule has 2 aromatic heterocycles. The highest BCUT2D eigenvalue weighted by atomic mass is 19.4. The van der Waals surface area contributed by atoms with Crippen molar-refractivity contribution in [3.05, 3.63) is 35.2 Å². The fourth-order valence-corrected chi connectivity index (χ4v) is 1.53. The van der Waals surface area contributed by atoms with Crippen LogP contribution in [-0.2, 0) is 13.2 Å². The van der Waals surface area contributed by atoms with E-state index in [1.807, 2.05) is 6.92 Å². The molecule has 0 aliphatic heterocycles. The predicted molar refractivity (Wildman–Crippen MR) is 62.0 cm³/mol. The average molecular weight is 271 g/mol. The first-order chi connectivity index (χ1) is 8.77. The first kappa shape index (κ1) is 13.4. The van der Waals surface area contributed by atoms with Crippen molar-refractivity contribution in [3.8, 4) is 11.8 Å². The van der Waals surface area contributed by atoms with E-state index in [1.54, 1.807) is 19.1 Å². The molecule has 0 aliphatic rings. The molecule has 102 valence electrons. The van der Waals surface area contributed by atoms with Crippen LogP contribution in [0.2, 0.25) is 0 Å². The fourth-order valence-electron chi connectivity index (χ4n) is 1.53. The lowest BCUT2D eigenvalue weighted by atomic mass is 10.2. The maximum absolute atomic E-state index is 12.6. The average Bonchev–Trinajstić information content (AvgIpc) is 2.64. The summed E-state index contributed by atoms with van der Waals surface area (Å²) in [6.45, 7) is 3.68. The van der Waals surface area contributed by atoms with Crippen LogP contribution in [0.25, 0.3) is 0 Å². The molecule has 0 radical (unpaired) electrons. The minimum absolute atomic E-state index is 0.134. The third-order valence-electron chi connectivity index (χ3n) is 2.68. The van der Waals surface area contributed by atoms with Crippen molar-refractivity contribution in [2.75, 3.05) is 0 Å². The van der Waals surface area contributed by atoms with Gasteiger partial charge in [-0.2, -0.15) is 13.2 Å². The SMILES string of the molecule is Cc1ccc(Oc2cc(C(F)(F)F)n(C)n2)nc1C. The van der Waals surface area contributed by atoms with E-state index >= 15 is 0 Å². The largest absolute Gasteiger partial charge is 0.433 e. The van der Waals surface area contributed by atoms with Crippen LogP contribution < -0.4 is 4.74 Å². The Balaban J connectivity index is 2.27. The number of hydrogen-bond donors (Lipinski definition) is 0. The van der Waals surface area contributed by atoms with Gasteiger partial charge in [-0.3, -0.25) is 4.68 Å². The molecule has 4 nitrogen and oxygen atoms in total. The van der Waals surface area contributed by atoms with Crippen LogP contribution in [0.3, 0.4) is 0 Å². The molecule has 0 N–H and O–H groups in total. The van der Waals surface area contributed by atoms with E-state index in [0.29, 0.717) is 0 Å². The van der Waals surface area contributed by atoms with E-state index in [9.17, 15) is 13.2 Å². The van der Waals surface area contributed by atoms with Gasteiger partial charge in [-0.25, -0.2) is 4.98 Å². The van der Waals surface area contributed by atoms with Gasteiger partial charge in [0.05, 0.1) is 0 Å². The van der Waals surface area contributed by atoms with Crippen molar-refractivity contribution >= 4 is 0 Å². The summed E-state index contributed by atoms with van der Waals surface area (Å²) in [5.41, 5.74) is 0.861. The Morgan fingerprint density at radius 1 is 1.16 bits per heavy atom.